The maximum Gasteiger partial charge on any atom is 0.411 e. The van der Waals surface area contributed by atoms with Crippen LogP contribution in [0.15, 0.2) is 48.5 Å². The molecule has 2 aromatic rings. The second-order valence-electron chi connectivity index (χ2n) is 5.51. The molecule has 2 aromatic carbocycles. The van der Waals surface area contributed by atoms with Gasteiger partial charge in [-0.25, -0.2) is 4.79 Å². The second kappa shape index (κ2) is 8.15. The zero-order valence-electron chi connectivity index (χ0n) is 14.2. The van der Waals surface area contributed by atoms with Gasteiger partial charge in [0.2, 0.25) is 0 Å². The predicted molar refractivity (Wildman–Crippen MR) is 94.1 cm³/mol. The summed E-state index contributed by atoms with van der Waals surface area (Å²) in [5.41, 5.74) is 3.30. The van der Waals surface area contributed by atoms with E-state index in [1.54, 1.807) is 43.1 Å². The highest BCUT2D eigenvalue weighted by atomic mass is 16.5. The number of carbonyl (C=O) groups excluding carboxylic acids is 2. The average Bonchev–Trinajstić information content (AvgIpc) is 2.56. The molecular formula is C19H22N2O3. The number of rotatable bonds is 5. The van der Waals surface area contributed by atoms with E-state index in [0.717, 1.165) is 11.1 Å². The van der Waals surface area contributed by atoms with Crippen molar-refractivity contribution in [3.8, 4) is 0 Å². The number of hydrogen-bond acceptors (Lipinski definition) is 3. The molecule has 0 bridgehead atoms. The molecule has 0 saturated heterocycles. The van der Waals surface area contributed by atoms with E-state index in [4.69, 9.17) is 4.74 Å². The van der Waals surface area contributed by atoms with Crippen molar-refractivity contribution < 1.29 is 14.3 Å². The van der Waals surface area contributed by atoms with Gasteiger partial charge in [0.25, 0.3) is 5.91 Å². The first-order valence-electron chi connectivity index (χ1n) is 7.85. The molecule has 5 heteroatoms. The lowest BCUT2D eigenvalue weighted by Gasteiger charge is -2.19. The molecular weight excluding hydrogens is 304 g/mol. The van der Waals surface area contributed by atoms with Crippen LogP contribution >= 0.6 is 0 Å². The second-order valence-corrected chi connectivity index (χ2v) is 5.51. The summed E-state index contributed by atoms with van der Waals surface area (Å²) in [6.07, 6.45) is -0.532. The summed E-state index contributed by atoms with van der Waals surface area (Å²) in [6.45, 7) is 4.59. The third-order valence-corrected chi connectivity index (χ3v) is 3.65. The third-order valence-electron chi connectivity index (χ3n) is 3.65. The van der Waals surface area contributed by atoms with Crippen molar-refractivity contribution >= 4 is 17.7 Å². The van der Waals surface area contributed by atoms with Gasteiger partial charge in [-0.1, -0.05) is 30.3 Å². The van der Waals surface area contributed by atoms with Gasteiger partial charge in [-0.15, -0.1) is 0 Å². The van der Waals surface area contributed by atoms with Crippen LogP contribution in [0.2, 0.25) is 0 Å². The summed E-state index contributed by atoms with van der Waals surface area (Å²) < 4.78 is 4.84. The van der Waals surface area contributed by atoms with Gasteiger partial charge in [0.05, 0.1) is 6.61 Å². The van der Waals surface area contributed by atoms with Crippen LogP contribution in [0.25, 0.3) is 0 Å². The molecule has 0 unspecified atom stereocenters. The molecule has 0 aliphatic heterocycles. The van der Waals surface area contributed by atoms with E-state index in [-0.39, 0.29) is 5.91 Å². The van der Waals surface area contributed by atoms with Crippen molar-refractivity contribution in [3.05, 3.63) is 65.2 Å². The summed E-state index contributed by atoms with van der Waals surface area (Å²) >= 11 is 0. The smallest absolute Gasteiger partial charge is 0.411 e. The fourth-order valence-electron chi connectivity index (χ4n) is 2.35. The topological polar surface area (TPSA) is 58.6 Å². The Kier molecular flexibility index (Phi) is 5.95. The number of carbonyl (C=O) groups is 2. The minimum atomic E-state index is -0.532. The van der Waals surface area contributed by atoms with Gasteiger partial charge >= 0.3 is 6.09 Å². The predicted octanol–water partition coefficient (Wildman–Crippen LogP) is 3.84. The average molecular weight is 326 g/mol. The standard InChI is InChI=1S/C19H22N2O3/c1-4-24-19(23)20-17-11-7-10-15(12-17)18(22)21(3)13-16-9-6-5-8-14(16)2/h5-12H,4,13H2,1-3H3,(H,20,23). The van der Waals surface area contributed by atoms with Gasteiger partial charge in [0.15, 0.2) is 0 Å². The van der Waals surface area contributed by atoms with Crippen LogP contribution in [-0.2, 0) is 11.3 Å². The number of aryl methyl sites for hydroxylation is 1. The van der Waals surface area contributed by atoms with E-state index < -0.39 is 6.09 Å². The normalized spacial score (nSPS) is 10.1. The maximum atomic E-state index is 12.6. The van der Waals surface area contributed by atoms with Crippen molar-refractivity contribution in [1.29, 1.82) is 0 Å². The number of anilines is 1. The van der Waals surface area contributed by atoms with Crippen molar-refractivity contribution in [1.82, 2.24) is 4.90 Å². The molecule has 2 rings (SSSR count). The highest BCUT2D eigenvalue weighted by Gasteiger charge is 2.14. The summed E-state index contributed by atoms with van der Waals surface area (Å²) in [5, 5.41) is 2.60. The summed E-state index contributed by atoms with van der Waals surface area (Å²) in [5.74, 6) is -0.106. The van der Waals surface area contributed by atoms with Crippen LogP contribution in [-0.4, -0.2) is 30.6 Å². The zero-order chi connectivity index (χ0) is 17.5. The number of nitrogens with zero attached hydrogens (tertiary/aromatic N) is 1. The summed E-state index contributed by atoms with van der Waals surface area (Å²) in [4.78, 5) is 25.7. The Morgan fingerprint density at radius 3 is 2.58 bits per heavy atom. The molecule has 24 heavy (non-hydrogen) atoms. The Morgan fingerprint density at radius 2 is 1.88 bits per heavy atom. The Morgan fingerprint density at radius 1 is 1.12 bits per heavy atom. The molecule has 0 saturated carbocycles. The minimum absolute atomic E-state index is 0.106. The Bertz CT molecular complexity index is 728. The van der Waals surface area contributed by atoms with Crippen molar-refractivity contribution in [2.45, 2.75) is 20.4 Å². The fraction of sp³-hybridized carbons (Fsp3) is 0.263. The lowest BCUT2D eigenvalue weighted by Crippen LogP contribution is -2.26. The van der Waals surface area contributed by atoms with Crippen LogP contribution in [0.1, 0.15) is 28.4 Å². The quantitative estimate of drug-likeness (QED) is 0.908. The molecule has 0 aliphatic carbocycles. The SMILES string of the molecule is CCOC(=O)Nc1cccc(C(=O)N(C)Cc2ccccc2C)c1. The van der Waals surface area contributed by atoms with E-state index in [2.05, 4.69) is 5.32 Å². The Balaban J connectivity index is 2.08. The number of benzene rings is 2. The van der Waals surface area contributed by atoms with Crippen LogP contribution < -0.4 is 5.32 Å². The first-order valence-corrected chi connectivity index (χ1v) is 7.85. The number of amides is 2. The minimum Gasteiger partial charge on any atom is -0.450 e. The summed E-state index contributed by atoms with van der Waals surface area (Å²) in [6, 6.07) is 14.8. The molecule has 5 nitrogen and oxygen atoms in total. The monoisotopic (exact) mass is 326 g/mol. The van der Waals surface area contributed by atoms with E-state index >= 15 is 0 Å². The van der Waals surface area contributed by atoms with Crippen molar-refractivity contribution in [3.63, 3.8) is 0 Å². The molecule has 2 amide bonds. The molecule has 126 valence electrons. The van der Waals surface area contributed by atoms with E-state index in [9.17, 15) is 9.59 Å². The largest absolute Gasteiger partial charge is 0.450 e. The maximum absolute atomic E-state index is 12.6. The Labute approximate surface area is 142 Å². The van der Waals surface area contributed by atoms with Gasteiger partial charge in [0, 0.05) is 24.8 Å². The molecule has 1 N–H and O–H groups in total. The van der Waals surface area contributed by atoms with Crippen molar-refractivity contribution in [2.75, 3.05) is 19.0 Å². The highest BCUT2D eigenvalue weighted by Crippen LogP contribution is 2.15. The molecule has 0 heterocycles. The first kappa shape index (κ1) is 17.5. The fourth-order valence-corrected chi connectivity index (χ4v) is 2.35. The first-order chi connectivity index (χ1) is 11.5. The van der Waals surface area contributed by atoms with Gasteiger partial charge in [-0.05, 0) is 43.2 Å². The molecule has 0 fully saturated rings. The van der Waals surface area contributed by atoms with Gasteiger partial charge in [-0.2, -0.15) is 0 Å². The Hall–Kier alpha value is -2.82. The van der Waals surface area contributed by atoms with Crippen molar-refractivity contribution in [2.24, 2.45) is 0 Å². The van der Waals surface area contributed by atoms with Crippen LogP contribution in [0.3, 0.4) is 0 Å². The number of ether oxygens (including phenoxy) is 1. The van der Waals surface area contributed by atoms with Gasteiger partial charge < -0.3 is 9.64 Å². The third kappa shape index (κ3) is 4.59. The van der Waals surface area contributed by atoms with Crippen LogP contribution in [0, 0.1) is 6.92 Å². The molecule has 0 aliphatic rings. The lowest BCUT2D eigenvalue weighted by molar-refractivity contribution is 0.0785. The number of hydrogen-bond donors (Lipinski definition) is 1. The highest BCUT2D eigenvalue weighted by molar-refractivity contribution is 5.96. The molecule has 0 aromatic heterocycles. The van der Waals surface area contributed by atoms with Crippen LogP contribution in [0.4, 0.5) is 10.5 Å². The lowest BCUT2D eigenvalue weighted by atomic mass is 10.1. The zero-order valence-corrected chi connectivity index (χ0v) is 14.2. The summed E-state index contributed by atoms with van der Waals surface area (Å²) in [7, 11) is 1.76. The molecule has 0 radical (unpaired) electrons. The van der Waals surface area contributed by atoms with Crippen LogP contribution in [0.5, 0.6) is 0 Å². The molecule has 0 atom stereocenters. The van der Waals surface area contributed by atoms with Gasteiger partial charge in [-0.3, -0.25) is 10.1 Å². The van der Waals surface area contributed by atoms with Gasteiger partial charge in [0.1, 0.15) is 0 Å². The van der Waals surface area contributed by atoms with E-state index in [1.165, 1.54) is 0 Å². The van der Waals surface area contributed by atoms with E-state index in [0.29, 0.717) is 24.4 Å². The van der Waals surface area contributed by atoms with E-state index in [1.807, 2.05) is 31.2 Å². The number of nitrogens with one attached hydrogen (secondary N) is 1. The molecule has 0 spiro atoms.